The van der Waals surface area contributed by atoms with E-state index in [2.05, 4.69) is 54.1 Å². The van der Waals surface area contributed by atoms with Crippen LogP contribution in [0.5, 0.6) is 0 Å². The first kappa shape index (κ1) is 12.3. The number of benzene rings is 1. The van der Waals surface area contributed by atoms with E-state index in [-0.39, 0.29) is 0 Å². The van der Waals surface area contributed by atoms with Crippen molar-refractivity contribution in [3.05, 3.63) is 57.8 Å². The number of nitrogens with two attached hydrogens (primary N) is 1. The van der Waals surface area contributed by atoms with Crippen LogP contribution < -0.4 is 11.3 Å². The van der Waals surface area contributed by atoms with Crippen molar-refractivity contribution >= 4 is 11.3 Å². The fourth-order valence-corrected chi connectivity index (χ4v) is 2.75. The third kappa shape index (κ3) is 3.40. The minimum Gasteiger partial charge on any atom is -0.271 e. The molecule has 0 saturated heterocycles. The Bertz CT molecular complexity index is 451. The van der Waals surface area contributed by atoms with Crippen molar-refractivity contribution in [2.75, 3.05) is 0 Å². The molecule has 0 aliphatic carbocycles. The van der Waals surface area contributed by atoms with Gasteiger partial charge in [-0.25, -0.2) is 0 Å². The van der Waals surface area contributed by atoms with Gasteiger partial charge in [0.05, 0.1) is 0 Å². The molecule has 0 spiro atoms. The van der Waals surface area contributed by atoms with Crippen molar-refractivity contribution in [2.45, 2.75) is 25.8 Å². The highest BCUT2D eigenvalue weighted by atomic mass is 32.1. The third-order valence-corrected chi connectivity index (χ3v) is 3.89. The molecule has 0 fully saturated rings. The van der Waals surface area contributed by atoms with Gasteiger partial charge in [-0.1, -0.05) is 30.3 Å². The predicted octanol–water partition coefficient (Wildman–Crippen LogP) is 2.67. The summed E-state index contributed by atoms with van der Waals surface area (Å²) < 4.78 is 0. The van der Waals surface area contributed by atoms with Crippen LogP contribution in [-0.4, -0.2) is 6.04 Å². The molecule has 1 heterocycles. The van der Waals surface area contributed by atoms with E-state index in [1.165, 1.54) is 16.0 Å². The number of aryl methyl sites for hydroxylation is 1. The Morgan fingerprint density at radius 1 is 1.18 bits per heavy atom. The number of hydrogen-bond acceptors (Lipinski definition) is 3. The monoisotopic (exact) mass is 246 g/mol. The Morgan fingerprint density at radius 3 is 2.65 bits per heavy atom. The lowest BCUT2D eigenvalue weighted by atomic mass is 9.99. The summed E-state index contributed by atoms with van der Waals surface area (Å²) in [7, 11) is 0. The molecule has 0 bridgehead atoms. The quantitative estimate of drug-likeness (QED) is 0.629. The highest BCUT2D eigenvalue weighted by molar-refractivity contribution is 7.09. The fraction of sp³-hybridized carbons (Fsp3) is 0.286. The summed E-state index contributed by atoms with van der Waals surface area (Å²) in [6.45, 7) is 2.15. The summed E-state index contributed by atoms with van der Waals surface area (Å²) in [5.41, 5.74) is 5.62. The third-order valence-electron chi connectivity index (χ3n) is 2.99. The summed E-state index contributed by atoms with van der Waals surface area (Å²) in [5, 5.41) is 2.11. The van der Waals surface area contributed by atoms with Crippen LogP contribution in [0.1, 0.15) is 16.0 Å². The van der Waals surface area contributed by atoms with Gasteiger partial charge in [-0.2, -0.15) is 0 Å². The Balaban J connectivity index is 2.03. The molecule has 17 heavy (non-hydrogen) atoms. The molecule has 1 unspecified atom stereocenters. The summed E-state index contributed by atoms with van der Waals surface area (Å²) in [6.07, 6.45) is 1.96. The van der Waals surface area contributed by atoms with Crippen molar-refractivity contribution in [3.63, 3.8) is 0 Å². The smallest absolute Gasteiger partial charge is 0.0299 e. The SMILES string of the molecule is Cc1ccccc1CC(Cc1cccs1)NN. The van der Waals surface area contributed by atoms with Crippen molar-refractivity contribution in [1.29, 1.82) is 0 Å². The molecule has 3 N–H and O–H groups in total. The number of nitrogens with one attached hydrogen (secondary N) is 1. The normalized spacial score (nSPS) is 12.6. The summed E-state index contributed by atoms with van der Waals surface area (Å²) in [6, 6.07) is 13.0. The van der Waals surface area contributed by atoms with E-state index in [0.29, 0.717) is 6.04 Å². The van der Waals surface area contributed by atoms with Gasteiger partial charge in [-0.15, -0.1) is 11.3 Å². The molecule has 0 radical (unpaired) electrons. The lowest BCUT2D eigenvalue weighted by Crippen LogP contribution is -2.38. The first-order chi connectivity index (χ1) is 8.29. The van der Waals surface area contributed by atoms with E-state index in [4.69, 9.17) is 5.84 Å². The Labute approximate surface area is 106 Å². The van der Waals surface area contributed by atoms with E-state index in [1.54, 1.807) is 11.3 Å². The minimum absolute atomic E-state index is 0.301. The number of rotatable bonds is 5. The zero-order valence-electron chi connectivity index (χ0n) is 10.0. The van der Waals surface area contributed by atoms with E-state index < -0.39 is 0 Å². The number of thiophene rings is 1. The van der Waals surface area contributed by atoms with E-state index in [9.17, 15) is 0 Å². The van der Waals surface area contributed by atoms with Gasteiger partial charge < -0.3 is 0 Å². The molecular formula is C14H18N2S. The molecule has 1 atom stereocenters. The van der Waals surface area contributed by atoms with Gasteiger partial charge in [0.2, 0.25) is 0 Å². The largest absolute Gasteiger partial charge is 0.271 e. The fourth-order valence-electron chi connectivity index (χ4n) is 1.97. The number of hydrazine groups is 1. The predicted molar refractivity (Wildman–Crippen MR) is 74.0 cm³/mol. The molecule has 2 nitrogen and oxygen atoms in total. The second-order valence-electron chi connectivity index (χ2n) is 4.28. The molecule has 0 saturated carbocycles. The first-order valence-corrected chi connectivity index (χ1v) is 6.70. The lowest BCUT2D eigenvalue weighted by molar-refractivity contribution is 0.525. The second kappa shape index (κ2) is 5.96. The van der Waals surface area contributed by atoms with Gasteiger partial charge >= 0.3 is 0 Å². The van der Waals surface area contributed by atoms with Crippen molar-refractivity contribution in [1.82, 2.24) is 5.43 Å². The zero-order chi connectivity index (χ0) is 12.1. The minimum atomic E-state index is 0.301. The van der Waals surface area contributed by atoms with Crippen LogP contribution in [0.2, 0.25) is 0 Å². The van der Waals surface area contributed by atoms with Gasteiger partial charge in [-0.05, 0) is 42.3 Å². The van der Waals surface area contributed by atoms with E-state index >= 15 is 0 Å². The van der Waals surface area contributed by atoms with Gasteiger partial charge in [0, 0.05) is 10.9 Å². The molecule has 2 aromatic rings. The van der Waals surface area contributed by atoms with Crippen LogP contribution in [-0.2, 0) is 12.8 Å². The molecule has 0 aliphatic rings. The number of hydrogen-bond donors (Lipinski definition) is 2. The lowest BCUT2D eigenvalue weighted by Gasteiger charge is -2.16. The zero-order valence-corrected chi connectivity index (χ0v) is 10.8. The second-order valence-corrected chi connectivity index (χ2v) is 5.31. The summed E-state index contributed by atoms with van der Waals surface area (Å²) in [4.78, 5) is 1.38. The maximum atomic E-state index is 5.64. The molecule has 3 heteroatoms. The van der Waals surface area contributed by atoms with Crippen LogP contribution in [0.25, 0.3) is 0 Å². The topological polar surface area (TPSA) is 38.0 Å². The van der Waals surface area contributed by atoms with Gasteiger partial charge in [-0.3, -0.25) is 11.3 Å². The van der Waals surface area contributed by atoms with Crippen molar-refractivity contribution in [3.8, 4) is 0 Å². The van der Waals surface area contributed by atoms with E-state index in [0.717, 1.165) is 12.8 Å². The van der Waals surface area contributed by atoms with Crippen LogP contribution in [0.3, 0.4) is 0 Å². The Hall–Kier alpha value is -1.16. The molecular weight excluding hydrogens is 228 g/mol. The van der Waals surface area contributed by atoms with Crippen molar-refractivity contribution < 1.29 is 0 Å². The van der Waals surface area contributed by atoms with Gasteiger partial charge in [0.15, 0.2) is 0 Å². The average molecular weight is 246 g/mol. The Morgan fingerprint density at radius 2 is 2.00 bits per heavy atom. The standard InChI is InChI=1S/C14H18N2S/c1-11-5-2-3-6-12(11)9-13(16-15)10-14-7-4-8-17-14/h2-8,13,16H,9-10,15H2,1H3. The molecule has 0 aliphatic heterocycles. The maximum absolute atomic E-state index is 5.64. The van der Waals surface area contributed by atoms with Gasteiger partial charge in [0.25, 0.3) is 0 Å². The Kier molecular flexibility index (Phi) is 4.31. The highest BCUT2D eigenvalue weighted by Crippen LogP contribution is 2.15. The molecule has 2 rings (SSSR count). The van der Waals surface area contributed by atoms with Gasteiger partial charge in [0.1, 0.15) is 0 Å². The van der Waals surface area contributed by atoms with E-state index in [1.807, 2.05) is 0 Å². The highest BCUT2D eigenvalue weighted by Gasteiger charge is 2.10. The maximum Gasteiger partial charge on any atom is 0.0299 e. The average Bonchev–Trinajstić information content (AvgIpc) is 2.84. The van der Waals surface area contributed by atoms with Crippen LogP contribution in [0, 0.1) is 6.92 Å². The molecule has 90 valence electrons. The van der Waals surface area contributed by atoms with Crippen LogP contribution in [0.4, 0.5) is 0 Å². The van der Waals surface area contributed by atoms with Crippen LogP contribution >= 0.6 is 11.3 Å². The molecule has 1 aromatic carbocycles. The molecule has 1 aromatic heterocycles. The van der Waals surface area contributed by atoms with Crippen molar-refractivity contribution in [2.24, 2.45) is 5.84 Å². The summed E-state index contributed by atoms with van der Waals surface area (Å²) >= 11 is 1.79. The molecule has 0 amide bonds. The summed E-state index contributed by atoms with van der Waals surface area (Å²) in [5.74, 6) is 5.64. The van der Waals surface area contributed by atoms with Crippen LogP contribution in [0.15, 0.2) is 41.8 Å². The first-order valence-electron chi connectivity index (χ1n) is 5.82.